The van der Waals surface area contributed by atoms with Gasteiger partial charge in [0.1, 0.15) is 0 Å². The van der Waals surface area contributed by atoms with Crippen LogP contribution in [0, 0.1) is 6.92 Å². The van der Waals surface area contributed by atoms with Crippen LogP contribution in [0.2, 0.25) is 0 Å². The average Bonchev–Trinajstić information content (AvgIpc) is 3.01. The highest BCUT2D eigenvalue weighted by molar-refractivity contribution is 8.01. The highest BCUT2D eigenvalue weighted by Gasteiger charge is 2.11. The number of anilines is 2. The summed E-state index contributed by atoms with van der Waals surface area (Å²) in [7, 11) is 0. The SMILES string of the molecule is CCCNC(=O)NC(=O)CSc1nnc(Nc2ccccc2C)s1. The number of rotatable bonds is 7. The molecule has 1 aromatic heterocycles. The number of hydrogen-bond donors (Lipinski definition) is 3. The van der Waals surface area contributed by atoms with Gasteiger partial charge in [0.05, 0.1) is 5.75 Å². The Bertz CT molecular complexity index is 705. The lowest BCUT2D eigenvalue weighted by molar-refractivity contribution is -0.117. The first-order chi connectivity index (χ1) is 11.6. The van der Waals surface area contributed by atoms with E-state index in [-0.39, 0.29) is 11.7 Å². The molecular weight excluding hydrogens is 346 g/mol. The fourth-order valence-electron chi connectivity index (χ4n) is 1.72. The van der Waals surface area contributed by atoms with Crippen molar-refractivity contribution in [2.45, 2.75) is 24.6 Å². The number of amides is 3. The van der Waals surface area contributed by atoms with Gasteiger partial charge in [-0.3, -0.25) is 10.1 Å². The molecule has 128 valence electrons. The maximum absolute atomic E-state index is 11.7. The van der Waals surface area contributed by atoms with E-state index < -0.39 is 6.03 Å². The number of nitrogens with one attached hydrogen (secondary N) is 3. The minimum atomic E-state index is -0.471. The lowest BCUT2D eigenvalue weighted by atomic mass is 10.2. The van der Waals surface area contributed by atoms with Crippen LogP contribution in [0.5, 0.6) is 0 Å². The number of thioether (sulfide) groups is 1. The van der Waals surface area contributed by atoms with Crippen molar-refractivity contribution in [1.29, 1.82) is 0 Å². The van der Waals surface area contributed by atoms with Crippen LogP contribution in [0.1, 0.15) is 18.9 Å². The number of benzene rings is 1. The summed E-state index contributed by atoms with van der Waals surface area (Å²) in [5.41, 5.74) is 2.08. The summed E-state index contributed by atoms with van der Waals surface area (Å²) in [5.74, 6) is -0.254. The predicted molar refractivity (Wildman–Crippen MR) is 96.9 cm³/mol. The van der Waals surface area contributed by atoms with E-state index >= 15 is 0 Å². The third-order valence-corrected chi connectivity index (χ3v) is 4.88. The molecule has 3 amide bonds. The van der Waals surface area contributed by atoms with Gasteiger partial charge < -0.3 is 10.6 Å². The summed E-state index contributed by atoms with van der Waals surface area (Å²) in [4.78, 5) is 23.1. The first-order valence-electron chi connectivity index (χ1n) is 7.45. The first kappa shape index (κ1) is 18.2. The summed E-state index contributed by atoms with van der Waals surface area (Å²) in [6.45, 7) is 4.49. The molecule has 9 heteroatoms. The monoisotopic (exact) mass is 365 g/mol. The van der Waals surface area contributed by atoms with Gasteiger partial charge in [-0.2, -0.15) is 0 Å². The largest absolute Gasteiger partial charge is 0.338 e. The molecule has 0 saturated carbocycles. The molecule has 1 heterocycles. The van der Waals surface area contributed by atoms with Crippen LogP contribution in [0.4, 0.5) is 15.6 Å². The predicted octanol–water partition coefficient (Wildman–Crippen LogP) is 2.92. The molecule has 1 aromatic carbocycles. The topological polar surface area (TPSA) is 96.0 Å². The minimum absolute atomic E-state index is 0.110. The van der Waals surface area contributed by atoms with E-state index in [1.807, 2.05) is 38.1 Å². The molecule has 0 aliphatic rings. The van der Waals surface area contributed by atoms with E-state index in [0.717, 1.165) is 17.7 Å². The van der Waals surface area contributed by atoms with E-state index in [0.29, 0.717) is 16.0 Å². The standard InChI is InChI=1S/C15H19N5O2S2/c1-3-8-16-13(22)18-12(21)9-23-15-20-19-14(24-15)17-11-7-5-4-6-10(11)2/h4-7H,3,8-9H2,1-2H3,(H,17,19)(H2,16,18,21,22). The molecular formula is C15H19N5O2S2. The zero-order chi connectivity index (χ0) is 17.4. The number of aromatic nitrogens is 2. The van der Waals surface area contributed by atoms with Gasteiger partial charge in [-0.25, -0.2) is 4.79 Å². The molecule has 2 aromatic rings. The van der Waals surface area contributed by atoms with Crippen molar-refractivity contribution in [3.63, 3.8) is 0 Å². The minimum Gasteiger partial charge on any atom is -0.338 e. The van der Waals surface area contributed by atoms with Gasteiger partial charge in [0.25, 0.3) is 0 Å². The quantitative estimate of drug-likeness (QED) is 0.653. The van der Waals surface area contributed by atoms with Crippen LogP contribution in [0.15, 0.2) is 28.6 Å². The van der Waals surface area contributed by atoms with Crippen LogP contribution >= 0.6 is 23.1 Å². The van der Waals surface area contributed by atoms with Crippen LogP contribution < -0.4 is 16.0 Å². The van der Waals surface area contributed by atoms with E-state index in [1.165, 1.54) is 23.1 Å². The molecule has 0 aliphatic carbocycles. The van der Waals surface area contributed by atoms with Crippen molar-refractivity contribution in [3.8, 4) is 0 Å². The Kier molecular flexibility index (Phi) is 7.01. The summed E-state index contributed by atoms with van der Waals surface area (Å²) in [6, 6.07) is 7.41. The molecule has 0 atom stereocenters. The molecule has 0 spiro atoms. The highest BCUT2D eigenvalue weighted by Crippen LogP contribution is 2.28. The number of para-hydroxylation sites is 1. The molecule has 0 bridgehead atoms. The molecule has 3 N–H and O–H groups in total. The van der Waals surface area contributed by atoms with Crippen molar-refractivity contribution in [3.05, 3.63) is 29.8 Å². The molecule has 0 fully saturated rings. The Hall–Kier alpha value is -2.13. The first-order valence-corrected chi connectivity index (χ1v) is 9.25. The Morgan fingerprint density at radius 3 is 2.79 bits per heavy atom. The molecule has 0 radical (unpaired) electrons. The molecule has 0 saturated heterocycles. The Balaban J connectivity index is 1.80. The second-order valence-corrected chi connectivity index (χ2v) is 7.11. The van der Waals surface area contributed by atoms with Crippen LogP contribution in [0.25, 0.3) is 0 Å². The molecule has 0 aliphatic heterocycles. The van der Waals surface area contributed by atoms with Gasteiger partial charge in [0.15, 0.2) is 4.34 Å². The zero-order valence-corrected chi connectivity index (χ0v) is 15.1. The maximum Gasteiger partial charge on any atom is 0.321 e. The Morgan fingerprint density at radius 2 is 2.04 bits per heavy atom. The molecule has 7 nitrogen and oxygen atoms in total. The fourth-order valence-corrected chi connectivity index (χ4v) is 3.28. The van der Waals surface area contributed by atoms with Gasteiger partial charge in [-0.1, -0.05) is 48.2 Å². The molecule has 2 rings (SSSR count). The van der Waals surface area contributed by atoms with Crippen molar-refractivity contribution in [2.24, 2.45) is 0 Å². The number of imide groups is 1. The number of aryl methyl sites for hydroxylation is 1. The van der Waals surface area contributed by atoms with Gasteiger partial charge >= 0.3 is 6.03 Å². The van der Waals surface area contributed by atoms with E-state index in [9.17, 15) is 9.59 Å². The maximum atomic E-state index is 11.7. The Labute approximate surface area is 148 Å². The summed E-state index contributed by atoms with van der Waals surface area (Å²) in [6.07, 6.45) is 0.817. The van der Waals surface area contributed by atoms with Crippen molar-refractivity contribution >= 4 is 45.9 Å². The second kappa shape index (κ2) is 9.24. The number of hydrogen-bond acceptors (Lipinski definition) is 7. The number of carbonyl (C=O) groups is 2. The van der Waals surface area contributed by atoms with Gasteiger partial charge in [-0.15, -0.1) is 10.2 Å². The van der Waals surface area contributed by atoms with Crippen molar-refractivity contribution in [2.75, 3.05) is 17.6 Å². The molecule has 0 unspecified atom stereocenters. The normalized spacial score (nSPS) is 10.2. The summed E-state index contributed by atoms with van der Waals surface area (Å²) >= 11 is 2.60. The Morgan fingerprint density at radius 1 is 1.25 bits per heavy atom. The second-order valence-electron chi connectivity index (χ2n) is 4.91. The van der Waals surface area contributed by atoms with Gasteiger partial charge in [0.2, 0.25) is 11.0 Å². The number of urea groups is 1. The van der Waals surface area contributed by atoms with E-state index in [4.69, 9.17) is 0 Å². The van der Waals surface area contributed by atoms with Crippen molar-refractivity contribution < 1.29 is 9.59 Å². The lowest BCUT2D eigenvalue weighted by Crippen LogP contribution is -2.40. The summed E-state index contributed by atoms with van der Waals surface area (Å²) in [5, 5.41) is 16.8. The van der Waals surface area contributed by atoms with Gasteiger partial charge in [-0.05, 0) is 25.0 Å². The van der Waals surface area contributed by atoms with Gasteiger partial charge in [0, 0.05) is 12.2 Å². The van der Waals surface area contributed by atoms with Crippen LogP contribution in [-0.2, 0) is 4.79 Å². The van der Waals surface area contributed by atoms with Crippen molar-refractivity contribution in [1.82, 2.24) is 20.8 Å². The third kappa shape index (κ3) is 5.82. The van der Waals surface area contributed by atoms with Crippen LogP contribution in [0.3, 0.4) is 0 Å². The lowest BCUT2D eigenvalue weighted by Gasteiger charge is -2.04. The average molecular weight is 365 g/mol. The number of nitrogens with zero attached hydrogens (tertiary/aromatic N) is 2. The van der Waals surface area contributed by atoms with E-state index in [2.05, 4.69) is 26.1 Å². The van der Waals surface area contributed by atoms with Crippen LogP contribution in [-0.4, -0.2) is 34.4 Å². The van der Waals surface area contributed by atoms with E-state index in [1.54, 1.807) is 0 Å². The summed E-state index contributed by atoms with van der Waals surface area (Å²) < 4.78 is 0.662. The number of carbonyl (C=O) groups excluding carboxylic acids is 2. The fraction of sp³-hybridized carbons (Fsp3) is 0.333. The zero-order valence-electron chi connectivity index (χ0n) is 13.5. The molecule has 24 heavy (non-hydrogen) atoms. The smallest absolute Gasteiger partial charge is 0.321 e. The third-order valence-electron chi connectivity index (χ3n) is 2.91. The highest BCUT2D eigenvalue weighted by atomic mass is 32.2.